The van der Waals surface area contributed by atoms with Gasteiger partial charge in [-0.15, -0.1) is 0 Å². The van der Waals surface area contributed by atoms with Gasteiger partial charge in [-0.2, -0.15) is 0 Å². The Morgan fingerprint density at radius 1 is 1.38 bits per heavy atom. The van der Waals surface area contributed by atoms with E-state index in [2.05, 4.69) is 5.32 Å². The molecule has 13 heavy (non-hydrogen) atoms. The molecule has 0 aliphatic heterocycles. The molecule has 1 aliphatic carbocycles. The number of amides is 1. The Kier molecular flexibility index (Phi) is 3.72. The molecular formula is C10H19NO2. The van der Waals surface area contributed by atoms with E-state index in [-0.39, 0.29) is 5.91 Å². The summed E-state index contributed by atoms with van der Waals surface area (Å²) in [6.07, 6.45) is 5.97. The molecule has 0 spiro atoms. The zero-order valence-corrected chi connectivity index (χ0v) is 8.31. The molecule has 0 aromatic rings. The van der Waals surface area contributed by atoms with E-state index in [0.717, 1.165) is 25.7 Å². The van der Waals surface area contributed by atoms with Crippen molar-refractivity contribution in [1.29, 1.82) is 0 Å². The van der Waals surface area contributed by atoms with E-state index in [1.165, 1.54) is 13.3 Å². The van der Waals surface area contributed by atoms with Crippen LogP contribution in [0.25, 0.3) is 0 Å². The molecule has 1 aliphatic rings. The Morgan fingerprint density at radius 3 is 2.54 bits per heavy atom. The van der Waals surface area contributed by atoms with E-state index < -0.39 is 5.60 Å². The van der Waals surface area contributed by atoms with E-state index in [1.54, 1.807) is 0 Å². The molecule has 0 heterocycles. The Labute approximate surface area is 79.5 Å². The Morgan fingerprint density at radius 2 is 2.00 bits per heavy atom. The monoisotopic (exact) mass is 185 g/mol. The maximum absolute atomic E-state index is 10.6. The van der Waals surface area contributed by atoms with Crippen LogP contribution in [0.4, 0.5) is 0 Å². The summed E-state index contributed by atoms with van der Waals surface area (Å²) in [5.41, 5.74) is -0.499. The molecule has 2 N–H and O–H groups in total. The van der Waals surface area contributed by atoms with Crippen molar-refractivity contribution in [2.24, 2.45) is 0 Å². The minimum atomic E-state index is -0.499. The van der Waals surface area contributed by atoms with E-state index >= 15 is 0 Å². The number of carbonyl (C=O) groups excluding carboxylic acids is 1. The molecule has 3 nitrogen and oxygen atoms in total. The van der Waals surface area contributed by atoms with Crippen molar-refractivity contribution in [3.8, 4) is 0 Å². The first-order valence-corrected chi connectivity index (χ1v) is 5.09. The first kappa shape index (κ1) is 10.5. The number of hydrogen-bond acceptors (Lipinski definition) is 2. The first-order chi connectivity index (χ1) is 6.12. The fourth-order valence-electron chi connectivity index (χ4n) is 1.93. The number of hydrogen-bond donors (Lipinski definition) is 2. The van der Waals surface area contributed by atoms with Gasteiger partial charge in [-0.3, -0.25) is 4.79 Å². The number of nitrogens with one attached hydrogen (secondary N) is 1. The number of carbonyl (C=O) groups is 1. The van der Waals surface area contributed by atoms with Crippen LogP contribution in [0, 0.1) is 0 Å². The van der Waals surface area contributed by atoms with Crippen LogP contribution in [0.15, 0.2) is 0 Å². The van der Waals surface area contributed by atoms with Crippen LogP contribution < -0.4 is 5.32 Å². The van der Waals surface area contributed by atoms with Gasteiger partial charge in [-0.25, -0.2) is 0 Å². The highest BCUT2D eigenvalue weighted by Crippen LogP contribution is 2.30. The van der Waals surface area contributed by atoms with Gasteiger partial charge in [0.25, 0.3) is 0 Å². The van der Waals surface area contributed by atoms with Gasteiger partial charge in [0.2, 0.25) is 5.91 Å². The molecule has 0 aromatic heterocycles. The molecule has 0 aromatic carbocycles. The smallest absolute Gasteiger partial charge is 0.216 e. The van der Waals surface area contributed by atoms with Gasteiger partial charge in [0, 0.05) is 13.5 Å². The summed E-state index contributed by atoms with van der Waals surface area (Å²) in [6.45, 7) is 2.11. The summed E-state index contributed by atoms with van der Waals surface area (Å²) in [5, 5.41) is 12.8. The minimum absolute atomic E-state index is 0.0144. The summed E-state index contributed by atoms with van der Waals surface area (Å²) in [6, 6.07) is 0. The van der Waals surface area contributed by atoms with E-state index in [1.807, 2.05) is 0 Å². The van der Waals surface area contributed by atoms with Gasteiger partial charge in [0.05, 0.1) is 5.60 Å². The lowest BCUT2D eigenvalue weighted by Crippen LogP contribution is -2.36. The summed E-state index contributed by atoms with van der Waals surface area (Å²) in [4.78, 5) is 10.6. The van der Waals surface area contributed by atoms with Gasteiger partial charge >= 0.3 is 0 Å². The molecule has 3 heteroatoms. The standard InChI is InChI=1S/C10H19NO2/c1-9(12)11-8-7-10(13)5-3-2-4-6-10/h13H,2-8H2,1H3,(H,11,12). The fourth-order valence-corrected chi connectivity index (χ4v) is 1.93. The third-order valence-corrected chi connectivity index (χ3v) is 2.75. The quantitative estimate of drug-likeness (QED) is 0.694. The number of rotatable bonds is 3. The van der Waals surface area contributed by atoms with Crippen LogP contribution in [0.3, 0.4) is 0 Å². The molecule has 0 radical (unpaired) electrons. The maximum atomic E-state index is 10.6. The predicted molar refractivity (Wildman–Crippen MR) is 51.3 cm³/mol. The Hall–Kier alpha value is -0.570. The highest BCUT2D eigenvalue weighted by molar-refractivity contribution is 5.72. The SMILES string of the molecule is CC(=O)NCCC1(O)CCCCC1. The summed E-state index contributed by atoms with van der Waals surface area (Å²) in [7, 11) is 0. The lowest BCUT2D eigenvalue weighted by molar-refractivity contribution is -0.119. The van der Waals surface area contributed by atoms with Crippen LogP contribution >= 0.6 is 0 Å². The highest BCUT2D eigenvalue weighted by Gasteiger charge is 2.28. The Bertz CT molecular complexity index is 174. The predicted octanol–water partition coefficient (Wildman–Crippen LogP) is 1.21. The van der Waals surface area contributed by atoms with Crippen molar-refractivity contribution in [2.45, 2.75) is 51.0 Å². The van der Waals surface area contributed by atoms with Gasteiger partial charge < -0.3 is 10.4 Å². The number of aliphatic hydroxyl groups is 1. The average molecular weight is 185 g/mol. The summed E-state index contributed by atoms with van der Waals surface area (Å²) in [5.74, 6) is -0.0144. The van der Waals surface area contributed by atoms with Gasteiger partial charge in [-0.05, 0) is 19.3 Å². The first-order valence-electron chi connectivity index (χ1n) is 5.09. The Balaban J connectivity index is 2.21. The molecule has 0 atom stereocenters. The fraction of sp³-hybridized carbons (Fsp3) is 0.900. The minimum Gasteiger partial charge on any atom is -0.390 e. The van der Waals surface area contributed by atoms with Crippen LogP contribution in [0.5, 0.6) is 0 Å². The van der Waals surface area contributed by atoms with Gasteiger partial charge in [0.1, 0.15) is 0 Å². The molecule has 76 valence electrons. The molecular weight excluding hydrogens is 166 g/mol. The van der Waals surface area contributed by atoms with E-state index in [9.17, 15) is 9.90 Å². The maximum Gasteiger partial charge on any atom is 0.216 e. The van der Waals surface area contributed by atoms with Gasteiger partial charge in [-0.1, -0.05) is 19.3 Å². The zero-order valence-electron chi connectivity index (χ0n) is 8.31. The van der Waals surface area contributed by atoms with Crippen molar-refractivity contribution in [1.82, 2.24) is 5.32 Å². The summed E-state index contributed by atoms with van der Waals surface area (Å²) >= 11 is 0. The largest absolute Gasteiger partial charge is 0.390 e. The lowest BCUT2D eigenvalue weighted by atomic mass is 9.82. The van der Waals surface area contributed by atoms with E-state index in [4.69, 9.17) is 0 Å². The highest BCUT2D eigenvalue weighted by atomic mass is 16.3. The molecule has 1 amide bonds. The second-order valence-electron chi connectivity index (χ2n) is 4.02. The zero-order chi connectivity index (χ0) is 9.73. The molecule has 0 bridgehead atoms. The normalized spacial score (nSPS) is 21.1. The topological polar surface area (TPSA) is 49.3 Å². The molecule has 0 unspecified atom stereocenters. The second-order valence-corrected chi connectivity index (χ2v) is 4.02. The third kappa shape index (κ3) is 3.77. The van der Waals surface area contributed by atoms with Crippen LogP contribution in [0.1, 0.15) is 45.4 Å². The van der Waals surface area contributed by atoms with E-state index in [0.29, 0.717) is 13.0 Å². The molecule has 0 saturated heterocycles. The van der Waals surface area contributed by atoms with Crippen molar-refractivity contribution in [2.75, 3.05) is 6.54 Å². The lowest BCUT2D eigenvalue weighted by Gasteiger charge is -2.32. The molecule has 1 fully saturated rings. The van der Waals surface area contributed by atoms with Crippen LogP contribution in [-0.2, 0) is 4.79 Å². The second kappa shape index (κ2) is 4.61. The van der Waals surface area contributed by atoms with Gasteiger partial charge in [0.15, 0.2) is 0 Å². The third-order valence-electron chi connectivity index (χ3n) is 2.75. The van der Waals surface area contributed by atoms with Crippen molar-refractivity contribution >= 4 is 5.91 Å². The van der Waals surface area contributed by atoms with Crippen molar-refractivity contribution in [3.05, 3.63) is 0 Å². The van der Waals surface area contributed by atoms with Crippen molar-refractivity contribution < 1.29 is 9.90 Å². The molecule has 1 rings (SSSR count). The van der Waals surface area contributed by atoms with Crippen LogP contribution in [0.2, 0.25) is 0 Å². The summed E-state index contributed by atoms with van der Waals surface area (Å²) < 4.78 is 0. The van der Waals surface area contributed by atoms with Crippen molar-refractivity contribution in [3.63, 3.8) is 0 Å². The average Bonchev–Trinajstić information content (AvgIpc) is 2.04. The molecule has 1 saturated carbocycles. The van der Waals surface area contributed by atoms with Crippen LogP contribution in [-0.4, -0.2) is 23.2 Å².